The van der Waals surface area contributed by atoms with E-state index in [2.05, 4.69) is 5.43 Å². The molecule has 0 fully saturated rings. The van der Waals surface area contributed by atoms with Gasteiger partial charge in [0.15, 0.2) is 0 Å². The number of benzene rings is 2. The number of alkyl halides is 3. The molecule has 3 rings (SSSR count). The second kappa shape index (κ2) is 5.99. The number of hydrazine groups is 1. The van der Waals surface area contributed by atoms with E-state index in [-0.39, 0.29) is 0 Å². The Balaban J connectivity index is 2.08. The van der Waals surface area contributed by atoms with Gasteiger partial charge in [-0.1, -0.05) is 71.2 Å². The van der Waals surface area contributed by atoms with Gasteiger partial charge in [0.25, 0.3) is 9.70 Å². The molecule has 0 aliphatic carbocycles. The fourth-order valence-corrected chi connectivity index (χ4v) is 2.69. The van der Waals surface area contributed by atoms with E-state index in [4.69, 9.17) is 34.8 Å². The Hall–Kier alpha value is -1.42. The summed E-state index contributed by atoms with van der Waals surface area (Å²) in [7, 11) is 0. The lowest BCUT2D eigenvalue weighted by Gasteiger charge is -2.28. The first-order valence-electron chi connectivity index (χ1n) is 6.80. The van der Waals surface area contributed by atoms with Crippen molar-refractivity contribution >= 4 is 52.1 Å². The van der Waals surface area contributed by atoms with Crippen LogP contribution in [0.15, 0.2) is 48.5 Å². The molecule has 3 nitrogen and oxygen atoms in total. The van der Waals surface area contributed by atoms with Crippen molar-refractivity contribution in [1.29, 1.82) is 0 Å². The second-order valence-corrected chi connectivity index (χ2v) is 7.31. The van der Waals surface area contributed by atoms with Gasteiger partial charge in [0, 0.05) is 0 Å². The highest BCUT2D eigenvalue weighted by Gasteiger charge is 2.33. The quantitative estimate of drug-likeness (QED) is 0.772. The highest BCUT2D eigenvalue weighted by Crippen LogP contribution is 2.35. The number of rotatable bonds is 1. The molecule has 0 spiro atoms. The number of fused-ring (bicyclic) bond motifs is 2. The van der Waals surface area contributed by atoms with Gasteiger partial charge < -0.3 is 0 Å². The normalized spacial score (nSPS) is 13.9. The van der Waals surface area contributed by atoms with Crippen molar-refractivity contribution < 1.29 is 4.79 Å². The third kappa shape index (κ3) is 3.02. The predicted octanol–water partition coefficient (Wildman–Crippen LogP) is 4.32. The first-order valence-corrected chi connectivity index (χ1v) is 7.94. The number of nitrogens with one attached hydrogen (secondary N) is 1. The summed E-state index contributed by atoms with van der Waals surface area (Å²) in [6, 6.07) is 15.7. The SMILES string of the molecule is O=C(NN1c2ccccc2CCc2ccccc21)C(Cl)(Cl)Cl. The van der Waals surface area contributed by atoms with E-state index in [1.807, 2.05) is 48.5 Å². The summed E-state index contributed by atoms with van der Waals surface area (Å²) >= 11 is 17.1. The monoisotopic (exact) mass is 354 g/mol. The van der Waals surface area contributed by atoms with Crippen LogP contribution in [0.5, 0.6) is 0 Å². The third-order valence-corrected chi connectivity index (χ3v) is 4.11. The number of anilines is 2. The van der Waals surface area contributed by atoms with Crippen LogP contribution in [0.4, 0.5) is 11.4 Å². The predicted molar refractivity (Wildman–Crippen MR) is 90.9 cm³/mol. The Morgan fingerprint density at radius 2 is 1.36 bits per heavy atom. The lowest BCUT2D eigenvalue weighted by atomic mass is 10.0. The number of aryl methyl sites for hydroxylation is 2. The Morgan fingerprint density at radius 1 is 0.909 bits per heavy atom. The van der Waals surface area contributed by atoms with E-state index in [1.165, 1.54) is 0 Å². The molecule has 0 unspecified atom stereocenters. The van der Waals surface area contributed by atoms with Gasteiger partial charge in [-0.05, 0) is 36.1 Å². The minimum absolute atomic E-state index is 0.691. The van der Waals surface area contributed by atoms with Crippen LogP contribution in [0.25, 0.3) is 0 Å². The smallest absolute Gasteiger partial charge is 0.268 e. The number of halogens is 3. The van der Waals surface area contributed by atoms with Gasteiger partial charge in [-0.2, -0.15) is 0 Å². The summed E-state index contributed by atoms with van der Waals surface area (Å²) in [6.07, 6.45) is 1.76. The molecular formula is C16H13Cl3N2O. The summed E-state index contributed by atoms with van der Waals surface area (Å²) in [5.74, 6) is -0.691. The van der Waals surface area contributed by atoms with Crippen LogP contribution < -0.4 is 10.4 Å². The zero-order valence-electron chi connectivity index (χ0n) is 11.5. The molecule has 114 valence electrons. The molecule has 1 heterocycles. The van der Waals surface area contributed by atoms with Crippen LogP contribution in [0.3, 0.4) is 0 Å². The van der Waals surface area contributed by atoms with E-state index in [0.29, 0.717) is 0 Å². The van der Waals surface area contributed by atoms with Crippen LogP contribution in [0.2, 0.25) is 0 Å². The average molecular weight is 356 g/mol. The fraction of sp³-hybridized carbons (Fsp3) is 0.188. The Labute approximate surface area is 143 Å². The van der Waals surface area contributed by atoms with Crippen molar-refractivity contribution in [3.05, 3.63) is 59.7 Å². The van der Waals surface area contributed by atoms with Crippen molar-refractivity contribution in [2.45, 2.75) is 16.6 Å². The summed E-state index contributed by atoms with van der Waals surface area (Å²) in [6.45, 7) is 0. The summed E-state index contributed by atoms with van der Waals surface area (Å²) in [5, 5.41) is 1.70. The summed E-state index contributed by atoms with van der Waals surface area (Å²) in [4.78, 5) is 12.1. The maximum atomic E-state index is 12.1. The number of carbonyl (C=O) groups is 1. The lowest BCUT2D eigenvalue weighted by molar-refractivity contribution is -0.120. The van der Waals surface area contributed by atoms with E-state index in [1.54, 1.807) is 5.01 Å². The van der Waals surface area contributed by atoms with Crippen LogP contribution in [0, 0.1) is 0 Å². The van der Waals surface area contributed by atoms with Crippen molar-refractivity contribution in [3.63, 3.8) is 0 Å². The van der Waals surface area contributed by atoms with Gasteiger partial charge in [-0.15, -0.1) is 0 Å². The average Bonchev–Trinajstić information content (AvgIpc) is 2.65. The van der Waals surface area contributed by atoms with E-state index in [9.17, 15) is 4.79 Å². The van der Waals surface area contributed by atoms with E-state index < -0.39 is 9.70 Å². The molecule has 0 atom stereocenters. The number of amides is 1. The molecule has 1 amide bonds. The van der Waals surface area contributed by atoms with Crippen LogP contribution >= 0.6 is 34.8 Å². The molecular weight excluding hydrogens is 343 g/mol. The number of nitrogens with zero attached hydrogens (tertiary/aromatic N) is 1. The van der Waals surface area contributed by atoms with Crippen LogP contribution in [-0.2, 0) is 17.6 Å². The molecule has 1 N–H and O–H groups in total. The topological polar surface area (TPSA) is 32.3 Å². The summed E-state index contributed by atoms with van der Waals surface area (Å²) in [5.41, 5.74) is 6.73. The minimum Gasteiger partial charge on any atom is -0.268 e. The lowest BCUT2D eigenvalue weighted by Crippen LogP contribution is -2.45. The third-order valence-electron chi connectivity index (χ3n) is 3.60. The maximum absolute atomic E-state index is 12.1. The molecule has 0 saturated carbocycles. The van der Waals surface area contributed by atoms with Gasteiger partial charge in [0.2, 0.25) is 0 Å². The largest absolute Gasteiger partial charge is 0.290 e. The molecule has 22 heavy (non-hydrogen) atoms. The number of hydrogen-bond donors (Lipinski definition) is 1. The van der Waals surface area contributed by atoms with Gasteiger partial charge in [-0.3, -0.25) is 15.2 Å². The maximum Gasteiger partial charge on any atom is 0.290 e. The van der Waals surface area contributed by atoms with Crippen molar-refractivity contribution in [2.24, 2.45) is 0 Å². The second-order valence-electron chi connectivity index (χ2n) is 5.03. The Bertz CT molecular complexity index is 665. The molecule has 1 aliphatic rings. The fourth-order valence-electron chi connectivity index (χ4n) is 2.57. The highest BCUT2D eigenvalue weighted by atomic mass is 35.6. The molecule has 0 radical (unpaired) electrons. The van der Waals surface area contributed by atoms with Crippen molar-refractivity contribution in [3.8, 4) is 0 Å². The molecule has 6 heteroatoms. The summed E-state index contributed by atoms with van der Waals surface area (Å²) < 4.78 is -2.02. The zero-order chi connectivity index (χ0) is 15.7. The first kappa shape index (κ1) is 15.5. The molecule has 0 saturated heterocycles. The number of para-hydroxylation sites is 2. The molecule has 1 aliphatic heterocycles. The Morgan fingerprint density at radius 3 is 1.82 bits per heavy atom. The molecule has 2 aromatic carbocycles. The standard InChI is InChI=1S/C16H13Cl3N2O/c17-16(18,19)15(22)20-21-13-7-3-1-5-11(13)9-10-12-6-2-4-8-14(12)21/h1-8H,9-10H2,(H,20,22). The number of hydrogen-bond acceptors (Lipinski definition) is 2. The van der Waals surface area contributed by atoms with Gasteiger partial charge in [0.1, 0.15) is 0 Å². The van der Waals surface area contributed by atoms with Gasteiger partial charge in [0.05, 0.1) is 11.4 Å². The van der Waals surface area contributed by atoms with Crippen molar-refractivity contribution in [2.75, 3.05) is 5.01 Å². The minimum atomic E-state index is -2.02. The van der Waals surface area contributed by atoms with Gasteiger partial charge in [-0.25, -0.2) is 0 Å². The highest BCUT2D eigenvalue weighted by molar-refractivity contribution is 6.76. The van der Waals surface area contributed by atoms with Crippen LogP contribution in [-0.4, -0.2) is 9.70 Å². The van der Waals surface area contributed by atoms with E-state index >= 15 is 0 Å². The first-order chi connectivity index (χ1) is 10.5. The van der Waals surface area contributed by atoms with Crippen molar-refractivity contribution in [1.82, 2.24) is 5.43 Å². The molecule has 0 bridgehead atoms. The zero-order valence-corrected chi connectivity index (χ0v) is 13.8. The molecule has 0 aromatic heterocycles. The van der Waals surface area contributed by atoms with Gasteiger partial charge >= 0.3 is 0 Å². The van der Waals surface area contributed by atoms with E-state index in [0.717, 1.165) is 35.3 Å². The van der Waals surface area contributed by atoms with Crippen LogP contribution in [0.1, 0.15) is 11.1 Å². The molecule has 2 aromatic rings. The Kier molecular flexibility index (Phi) is 4.22. The number of carbonyl (C=O) groups excluding carboxylic acids is 1.